The van der Waals surface area contributed by atoms with Gasteiger partial charge in [-0.2, -0.15) is 0 Å². The van der Waals surface area contributed by atoms with E-state index in [1.807, 2.05) is 19.1 Å². The molecule has 4 nitrogen and oxygen atoms in total. The first-order valence-corrected chi connectivity index (χ1v) is 8.48. The molecule has 0 radical (unpaired) electrons. The van der Waals surface area contributed by atoms with Gasteiger partial charge in [0.25, 0.3) is 5.91 Å². The summed E-state index contributed by atoms with van der Waals surface area (Å²) in [6, 6.07) is 12.9. The van der Waals surface area contributed by atoms with Crippen LogP contribution in [0.4, 0.5) is 4.39 Å². The Labute approximate surface area is 144 Å². The van der Waals surface area contributed by atoms with Crippen molar-refractivity contribution >= 4 is 23.6 Å². The number of benzene rings is 2. The van der Waals surface area contributed by atoms with E-state index in [1.165, 1.54) is 12.1 Å². The van der Waals surface area contributed by atoms with E-state index >= 15 is 0 Å². The Bertz CT molecular complexity index is 704. The molecule has 0 unspecified atom stereocenters. The van der Waals surface area contributed by atoms with Crippen LogP contribution in [0, 0.1) is 5.82 Å². The Hall–Kier alpha value is -2.34. The van der Waals surface area contributed by atoms with Crippen LogP contribution in [0.25, 0.3) is 0 Å². The van der Waals surface area contributed by atoms with E-state index in [-0.39, 0.29) is 19.0 Å². The van der Waals surface area contributed by atoms with Crippen molar-refractivity contribution in [2.45, 2.75) is 18.4 Å². The quantitative estimate of drug-likeness (QED) is 0.616. The van der Waals surface area contributed by atoms with Gasteiger partial charge in [0, 0.05) is 11.4 Å². The molecule has 0 saturated carbocycles. The number of amides is 1. The van der Waals surface area contributed by atoms with E-state index in [0.29, 0.717) is 5.56 Å². The van der Waals surface area contributed by atoms with Gasteiger partial charge in [-0.1, -0.05) is 31.2 Å². The van der Waals surface area contributed by atoms with Gasteiger partial charge in [-0.15, -0.1) is 11.8 Å². The maximum Gasteiger partial charge on any atom is 0.339 e. The largest absolute Gasteiger partial charge is 0.452 e. The monoisotopic (exact) mass is 347 g/mol. The first-order valence-electron chi connectivity index (χ1n) is 7.50. The van der Waals surface area contributed by atoms with Crippen molar-refractivity contribution in [1.82, 2.24) is 5.32 Å². The Balaban J connectivity index is 1.83. The predicted octanol–water partition coefficient (Wildman–Crippen LogP) is 3.41. The number of hydrogen-bond acceptors (Lipinski definition) is 4. The maximum atomic E-state index is 12.8. The molecule has 0 bridgehead atoms. The second-order valence-corrected chi connectivity index (χ2v) is 6.21. The van der Waals surface area contributed by atoms with Crippen molar-refractivity contribution in [1.29, 1.82) is 0 Å². The number of nitrogens with one attached hydrogen (secondary N) is 1. The second-order valence-electron chi connectivity index (χ2n) is 4.91. The number of carbonyl (C=O) groups is 2. The standard InChI is InChI=1S/C18H18FNO3S/c1-2-24-16-6-4-3-5-15(16)18(22)23-12-17(21)20-11-13-7-9-14(19)10-8-13/h3-10H,2,11-12H2,1H3,(H,20,21). The summed E-state index contributed by atoms with van der Waals surface area (Å²) in [5, 5.41) is 2.62. The molecule has 0 aliphatic rings. The van der Waals surface area contributed by atoms with Gasteiger partial charge in [0.2, 0.25) is 0 Å². The lowest BCUT2D eigenvalue weighted by molar-refractivity contribution is -0.124. The van der Waals surface area contributed by atoms with Crippen molar-refractivity contribution in [2.24, 2.45) is 0 Å². The number of thioether (sulfide) groups is 1. The number of carbonyl (C=O) groups excluding carboxylic acids is 2. The highest BCUT2D eigenvalue weighted by atomic mass is 32.2. The topological polar surface area (TPSA) is 55.4 Å². The van der Waals surface area contributed by atoms with E-state index in [0.717, 1.165) is 16.2 Å². The summed E-state index contributed by atoms with van der Waals surface area (Å²) in [7, 11) is 0. The summed E-state index contributed by atoms with van der Waals surface area (Å²) >= 11 is 1.54. The number of ether oxygens (including phenoxy) is 1. The highest BCUT2D eigenvalue weighted by Gasteiger charge is 2.14. The Morgan fingerprint density at radius 1 is 1.12 bits per heavy atom. The Morgan fingerprint density at radius 2 is 1.83 bits per heavy atom. The average molecular weight is 347 g/mol. The minimum atomic E-state index is -0.525. The first-order chi connectivity index (χ1) is 11.6. The number of rotatable bonds is 7. The number of hydrogen-bond donors (Lipinski definition) is 1. The number of esters is 1. The van der Waals surface area contributed by atoms with Gasteiger partial charge in [0.1, 0.15) is 5.82 Å². The highest BCUT2D eigenvalue weighted by molar-refractivity contribution is 7.99. The lowest BCUT2D eigenvalue weighted by Gasteiger charge is -2.09. The number of halogens is 1. The molecule has 0 aromatic heterocycles. The van der Waals surface area contributed by atoms with Crippen LogP contribution < -0.4 is 5.32 Å². The first kappa shape index (κ1) is 18.0. The molecule has 2 aromatic carbocycles. The Kier molecular flexibility index (Phi) is 6.81. The molecule has 6 heteroatoms. The predicted molar refractivity (Wildman–Crippen MR) is 91.4 cm³/mol. The van der Waals surface area contributed by atoms with Crippen molar-refractivity contribution in [2.75, 3.05) is 12.4 Å². The molecule has 2 aromatic rings. The summed E-state index contributed by atoms with van der Waals surface area (Å²) in [6.07, 6.45) is 0. The molecule has 1 amide bonds. The van der Waals surface area contributed by atoms with Gasteiger partial charge in [-0.3, -0.25) is 4.79 Å². The van der Waals surface area contributed by atoms with Crippen molar-refractivity contribution in [3.8, 4) is 0 Å². The van der Waals surface area contributed by atoms with Crippen LogP contribution in [0.2, 0.25) is 0 Å². The van der Waals surface area contributed by atoms with Crippen molar-refractivity contribution < 1.29 is 18.7 Å². The molecule has 2 rings (SSSR count). The van der Waals surface area contributed by atoms with E-state index in [4.69, 9.17) is 4.74 Å². The van der Waals surface area contributed by atoms with E-state index in [1.54, 1.807) is 36.0 Å². The zero-order valence-corrected chi connectivity index (χ0v) is 14.1. The van der Waals surface area contributed by atoms with E-state index < -0.39 is 11.9 Å². The van der Waals surface area contributed by atoms with Gasteiger partial charge in [-0.25, -0.2) is 9.18 Å². The average Bonchev–Trinajstić information content (AvgIpc) is 2.60. The van der Waals surface area contributed by atoms with E-state index in [2.05, 4.69) is 5.32 Å². The van der Waals surface area contributed by atoms with Crippen LogP contribution in [0.5, 0.6) is 0 Å². The lowest BCUT2D eigenvalue weighted by atomic mass is 10.2. The van der Waals surface area contributed by atoms with Gasteiger partial charge in [0.05, 0.1) is 5.56 Å². The smallest absolute Gasteiger partial charge is 0.339 e. The van der Waals surface area contributed by atoms with Crippen LogP contribution in [0.3, 0.4) is 0 Å². The van der Waals surface area contributed by atoms with Crippen molar-refractivity contribution in [3.05, 3.63) is 65.5 Å². The zero-order valence-electron chi connectivity index (χ0n) is 13.3. The molecule has 0 saturated heterocycles. The van der Waals surface area contributed by atoms with Gasteiger partial charge in [0.15, 0.2) is 6.61 Å². The minimum Gasteiger partial charge on any atom is -0.452 e. The van der Waals surface area contributed by atoms with Crippen LogP contribution in [0.15, 0.2) is 53.4 Å². The third-order valence-electron chi connectivity index (χ3n) is 3.14. The molecule has 1 N–H and O–H groups in total. The van der Waals surface area contributed by atoms with Crippen LogP contribution >= 0.6 is 11.8 Å². The fraction of sp³-hybridized carbons (Fsp3) is 0.222. The van der Waals surface area contributed by atoms with Gasteiger partial charge < -0.3 is 10.1 Å². The summed E-state index contributed by atoms with van der Waals surface area (Å²) in [4.78, 5) is 24.7. The fourth-order valence-corrected chi connectivity index (χ4v) is 2.77. The van der Waals surface area contributed by atoms with Gasteiger partial charge >= 0.3 is 5.97 Å². The third kappa shape index (κ3) is 5.38. The third-order valence-corrected chi connectivity index (χ3v) is 4.10. The maximum absolute atomic E-state index is 12.8. The molecule has 0 aliphatic heterocycles. The molecular weight excluding hydrogens is 329 g/mol. The molecule has 0 heterocycles. The SMILES string of the molecule is CCSc1ccccc1C(=O)OCC(=O)NCc1ccc(F)cc1. The second kappa shape index (κ2) is 9.08. The molecule has 0 spiro atoms. The normalized spacial score (nSPS) is 10.2. The van der Waals surface area contributed by atoms with Crippen LogP contribution in [-0.2, 0) is 16.1 Å². The summed E-state index contributed by atoms with van der Waals surface area (Å²) in [6.45, 7) is 1.89. The zero-order chi connectivity index (χ0) is 17.4. The van der Waals surface area contributed by atoms with E-state index in [9.17, 15) is 14.0 Å². The lowest BCUT2D eigenvalue weighted by Crippen LogP contribution is -2.28. The Morgan fingerprint density at radius 3 is 2.54 bits per heavy atom. The molecule has 126 valence electrons. The molecule has 0 fully saturated rings. The molecule has 0 atom stereocenters. The van der Waals surface area contributed by atoms with Gasteiger partial charge in [-0.05, 0) is 35.6 Å². The summed E-state index contributed by atoms with van der Waals surface area (Å²) < 4.78 is 17.9. The highest BCUT2D eigenvalue weighted by Crippen LogP contribution is 2.22. The van der Waals surface area contributed by atoms with Crippen LogP contribution in [-0.4, -0.2) is 24.2 Å². The molecule has 24 heavy (non-hydrogen) atoms. The molecular formula is C18H18FNO3S. The van der Waals surface area contributed by atoms with Crippen molar-refractivity contribution in [3.63, 3.8) is 0 Å². The summed E-state index contributed by atoms with van der Waals surface area (Å²) in [5.74, 6) is -0.429. The minimum absolute atomic E-state index is 0.249. The fourth-order valence-electron chi connectivity index (χ4n) is 1.98. The molecule has 0 aliphatic carbocycles. The summed E-state index contributed by atoms with van der Waals surface area (Å²) in [5.41, 5.74) is 1.22. The van der Waals surface area contributed by atoms with Crippen LogP contribution in [0.1, 0.15) is 22.8 Å².